The van der Waals surface area contributed by atoms with Gasteiger partial charge in [-0.25, -0.2) is 8.42 Å². The Morgan fingerprint density at radius 1 is 1.19 bits per heavy atom. The number of hydrogen-bond acceptors (Lipinski definition) is 4. The second kappa shape index (κ2) is 7.63. The average Bonchev–Trinajstić information content (AvgIpc) is 2.65. The average molecular weight is 385 g/mol. The molecule has 0 unspecified atom stereocenters. The molecule has 2 aromatic rings. The Bertz CT molecular complexity index is 1020. The molecule has 0 aromatic heterocycles. The van der Waals surface area contributed by atoms with Gasteiger partial charge in [-0.05, 0) is 42.3 Å². The number of fused-ring (bicyclic) bond motifs is 1. The highest BCUT2D eigenvalue weighted by Gasteiger charge is 2.21. The summed E-state index contributed by atoms with van der Waals surface area (Å²) < 4.78 is 28.1. The van der Waals surface area contributed by atoms with Crippen LogP contribution < -0.4 is 15.4 Å². The van der Waals surface area contributed by atoms with Gasteiger partial charge in [-0.3, -0.25) is 14.3 Å². The fourth-order valence-corrected chi connectivity index (χ4v) is 3.89. The number of amides is 2. The molecule has 3 N–H and O–H groups in total. The van der Waals surface area contributed by atoms with Gasteiger partial charge in [-0.2, -0.15) is 0 Å². The maximum absolute atomic E-state index is 12.8. The van der Waals surface area contributed by atoms with Gasteiger partial charge in [0, 0.05) is 18.7 Å². The summed E-state index contributed by atoms with van der Waals surface area (Å²) in [6.07, 6.45) is 2.33. The Balaban J connectivity index is 1.88. The lowest BCUT2D eigenvalue weighted by molar-refractivity contribution is -0.116. The molecule has 3 rings (SSSR count). The maximum Gasteiger partial charge on any atom is 0.261 e. The first-order chi connectivity index (χ1) is 12.9. The first-order valence-electron chi connectivity index (χ1n) is 8.34. The number of sulfonamides is 1. The normalized spacial score (nSPS) is 13.3. The van der Waals surface area contributed by atoms with Gasteiger partial charge in [0.25, 0.3) is 15.9 Å². The van der Waals surface area contributed by atoms with E-state index in [1.54, 1.807) is 24.3 Å². The number of rotatable bonds is 6. The first-order valence-corrected chi connectivity index (χ1v) is 9.83. The van der Waals surface area contributed by atoms with E-state index in [9.17, 15) is 18.0 Å². The quantitative estimate of drug-likeness (QED) is 0.664. The second-order valence-corrected chi connectivity index (χ2v) is 7.70. The second-order valence-electron chi connectivity index (χ2n) is 6.02. The maximum atomic E-state index is 12.8. The molecule has 8 heteroatoms. The van der Waals surface area contributed by atoms with Crippen LogP contribution in [0, 0.1) is 0 Å². The van der Waals surface area contributed by atoms with Crippen LogP contribution in [-0.2, 0) is 21.2 Å². The molecule has 0 saturated carbocycles. The van der Waals surface area contributed by atoms with Crippen LogP contribution in [0.1, 0.15) is 22.3 Å². The molecule has 140 valence electrons. The van der Waals surface area contributed by atoms with E-state index >= 15 is 0 Å². The largest absolute Gasteiger partial charge is 0.349 e. The van der Waals surface area contributed by atoms with Crippen molar-refractivity contribution in [1.82, 2.24) is 5.32 Å². The van der Waals surface area contributed by atoms with Crippen LogP contribution in [-0.4, -0.2) is 26.8 Å². The van der Waals surface area contributed by atoms with E-state index in [0.29, 0.717) is 18.5 Å². The lowest BCUT2D eigenvalue weighted by Gasteiger charge is -2.18. The van der Waals surface area contributed by atoms with E-state index in [-0.39, 0.29) is 28.6 Å². The van der Waals surface area contributed by atoms with Gasteiger partial charge >= 0.3 is 0 Å². The number of para-hydroxylation sites is 1. The van der Waals surface area contributed by atoms with Crippen LogP contribution in [0.4, 0.5) is 11.4 Å². The van der Waals surface area contributed by atoms with Crippen molar-refractivity contribution >= 4 is 33.2 Å². The lowest BCUT2D eigenvalue weighted by atomic mass is 10.0. The number of benzene rings is 2. The van der Waals surface area contributed by atoms with Crippen LogP contribution in [0.5, 0.6) is 0 Å². The lowest BCUT2D eigenvalue weighted by Crippen LogP contribution is -2.25. The van der Waals surface area contributed by atoms with E-state index in [2.05, 4.69) is 21.9 Å². The molecule has 0 bridgehead atoms. The Hall–Kier alpha value is -3.13. The molecule has 0 spiro atoms. The zero-order valence-electron chi connectivity index (χ0n) is 14.5. The Kier molecular flexibility index (Phi) is 5.27. The highest BCUT2D eigenvalue weighted by molar-refractivity contribution is 7.92. The summed E-state index contributed by atoms with van der Waals surface area (Å²) in [5, 5.41) is 5.34. The van der Waals surface area contributed by atoms with Crippen molar-refractivity contribution < 1.29 is 18.0 Å². The number of carbonyl (C=O) groups excluding carboxylic acids is 2. The Morgan fingerprint density at radius 2 is 1.96 bits per heavy atom. The summed E-state index contributed by atoms with van der Waals surface area (Å²) in [6.45, 7) is 3.81. The third kappa shape index (κ3) is 4.17. The van der Waals surface area contributed by atoms with Crippen molar-refractivity contribution in [2.75, 3.05) is 16.6 Å². The van der Waals surface area contributed by atoms with Crippen LogP contribution in [0.3, 0.4) is 0 Å². The third-order valence-electron chi connectivity index (χ3n) is 4.11. The van der Waals surface area contributed by atoms with Gasteiger partial charge in [0.1, 0.15) is 0 Å². The zero-order valence-corrected chi connectivity index (χ0v) is 15.3. The molecular formula is C19H19N3O4S. The summed E-state index contributed by atoms with van der Waals surface area (Å²) in [5.74, 6) is -0.489. The molecule has 7 nitrogen and oxygen atoms in total. The van der Waals surface area contributed by atoms with Crippen molar-refractivity contribution in [3.8, 4) is 0 Å². The Morgan fingerprint density at radius 3 is 2.74 bits per heavy atom. The molecule has 0 fully saturated rings. The van der Waals surface area contributed by atoms with E-state index in [0.717, 1.165) is 5.56 Å². The van der Waals surface area contributed by atoms with Crippen LogP contribution in [0.25, 0.3) is 0 Å². The molecule has 0 atom stereocenters. The fraction of sp³-hybridized carbons (Fsp3) is 0.158. The minimum Gasteiger partial charge on any atom is -0.349 e. The summed E-state index contributed by atoms with van der Waals surface area (Å²) in [5.41, 5.74) is 1.78. The SMILES string of the molecule is C=CCNC(=O)c1ccccc1NS(=O)(=O)c1ccc2c(c1)CCC(=O)N2. The van der Waals surface area contributed by atoms with Gasteiger partial charge in [0.05, 0.1) is 16.1 Å². The minimum absolute atomic E-state index is 0.0682. The van der Waals surface area contributed by atoms with Crippen molar-refractivity contribution in [3.63, 3.8) is 0 Å². The number of carbonyl (C=O) groups is 2. The van der Waals surface area contributed by atoms with Gasteiger partial charge in [0.2, 0.25) is 5.91 Å². The highest BCUT2D eigenvalue weighted by atomic mass is 32.2. The van der Waals surface area contributed by atoms with Crippen LogP contribution in [0.15, 0.2) is 60.0 Å². The van der Waals surface area contributed by atoms with Crippen molar-refractivity contribution in [1.29, 1.82) is 0 Å². The van der Waals surface area contributed by atoms with Gasteiger partial charge < -0.3 is 10.6 Å². The molecular weight excluding hydrogens is 366 g/mol. The molecule has 1 aliphatic rings. The van der Waals surface area contributed by atoms with E-state index < -0.39 is 15.9 Å². The van der Waals surface area contributed by atoms with Gasteiger partial charge in [-0.15, -0.1) is 6.58 Å². The van der Waals surface area contributed by atoms with Crippen molar-refractivity contribution in [2.45, 2.75) is 17.7 Å². The van der Waals surface area contributed by atoms with Gasteiger partial charge in [-0.1, -0.05) is 18.2 Å². The monoisotopic (exact) mass is 385 g/mol. The van der Waals surface area contributed by atoms with Gasteiger partial charge in [0.15, 0.2) is 0 Å². The molecule has 0 aliphatic carbocycles. The molecule has 0 saturated heterocycles. The number of aryl methyl sites for hydroxylation is 1. The van der Waals surface area contributed by atoms with E-state index in [1.807, 2.05) is 0 Å². The Labute approximate surface area is 157 Å². The predicted molar refractivity (Wildman–Crippen MR) is 103 cm³/mol. The summed E-state index contributed by atoms with van der Waals surface area (Å²) in [4.78, 5) is 23.7. The highest BCUT2D eigenvalue weighted by Crippen LogP contribution is 2.27. The molecule has 1 aliphatic heterocycles. The first kappa shape index (κ1) is 18.7. The standard InChI is InChI=1S/C19H19N3O4S/c1-2-11-20-19(24)15-5-3-4-6-17(15)22-27(25,26)14-8-9-16-13(12-14)7-10-18(23)21-16/h2-6,8-9,12,22H,1,7,10-11H2,(H,20,24)(H,21,23). The number of anilines is 2. The van der Waals surface area contributed by atoms with Crippen LogP contribution >= 0.6 is 0 Å². The summed E-state index contributed by atoms with van der Waals surface area (Å²) in [6, 6.07) is 10.9. The van der Waals surface area contributed by atoms with Crippen molar-refractivity contribution in [2.24, 2.45) is 0 Å². The molecule has 2 amide bonds. The smallest absolute Gasteiger partial charge is 0.261 e. The molecule has 2 aromatic carbocycles. The molecule has 0 radical (unpaired) electrons. The van der Waals surface area contributed by atoms with E-state index in [1.165, 1.54) is 24.3 Å². The predicted octanol–water partition coefficient (Wildman–Crippen LogP) is 2.29. The molecule has 27 heavy (non-hydrogen) atoms. The van der Waals surface area contributed by atoms with Crippen molar-refractivity contribution in [3.05, 3.63) is 66.2 Å². The zero-order chi connectivity index (χ0) is 19.4. The minimum atomic E-state index is -3.90. The number of hydrogen-bond donors (Lipinski definition) is 3. The topological polar surface area (TPSA) is 104 Å². The van der Waals surface area contributed by atoms with E-state index in [4.69, 9.17) is 0 Å². The molecule has 1 heterocycles. The fourth-order valence-electron chi connectivity index (χ4n) is 2.76. The number of nitrogens with one attached hydrogen (secondary N) is 3. The van der Waals surface area contributed by atoms with Crippen LogP contribution in [0.2, 0.25) is 0 Å². The summed E-state index contributed by atoms with van der Waals surface area (Å²) in [7, 11) is -3.90. The third-order valence-corrected chi connectivity index (χ3v) is 5.47. The summed E-state index contributed by atoms with van der Waals surface area (Å²) >= 11 is 0.